The summed E-state index contributed by atoms with van der Waals surface area (Å²) < 4.78 is 21.3. The van der Waals surface area contributed by atoms with Crippen LogP contribution < -0.4 is 24.3 Å². The number of hydrogen-bond donors (Lipinski definition) is 1. The molecule has 196 valence electrons. The number of carbonyl (C=O) groups excluding carboxylic acids is 2. The van der Waals surface area contributed by atoms with E-state index in [9.17, 15) is 9.59 Å². The lowest BCUT2D eigenvalue weighted by atomic mass is 10.1. The van der Waals surface area contributed by atoms with E-state index < -0.39 is 6.04 Å². The zero-order valence-electron chi connectivity index (χ0n) is 21.9. The Kier molecular flexibility index (Phi) is 9.77. The lowest BCUT2D eigenvalue weighted by Gasteiger charge is -2.29. The molecule has 0 aromatic heterocycles. The molecule has 0 unspecified atom stereocenters. The van der Waals surface area contributed by atoms with Crippen molar-refractivity contribution in [1.82, 2.24) is 10.2 Å². The van der Waals surface area contributed by atoms with Gasteiger partial charge in [0.25, 0.3) is 0 Å². The monoisotopic (exact) mass is 506 g/mol. The Morgan fingerprint density at radius 2 is 1.43 bits per heavy atom. The summed E-state index contributed by atoms with van der Waals surface area (Å²) >= 11 is 0. The quantitative estimate of drug-likeness (QED) is 0.400. The van der Waals surface area contributed by atoms with Gasteiger partial charge in [0.2, 0.25) is 11.8 Å². The van der Waals surface area contributed by atoms with Crippen LogP contribution in [-0.2, 0) is 29.1 Å². The van der Waals surface area contributed by atoms with Crippen molar-refractivity contribution >= 4 is 11.8 Å². The minimum Gasteiger partial charge on any atom is -0.497 e. The lowest BCUT2D eigenvalue weighted by Crippen LogP contribution is -2.48. The Balaban J connectivity index is 1.80. The van der Waals surface area contributed by atoms with E-state index in [1.54, 1.807) is 52.4 Å². The van der Waals surface area contributed by atoms with Crippen LogP contribution in [0.15, 0.2) is 66.7 Å². The molecule has 2 amide bonds. The van der Waals surface area contributed by atoms with Crippen LogP contribution in [0.3, 0.4) is 0 Å². The van der Waals surface area contributed by atoms with E-state index in [1.165, 1.54) is 0 Å². The van der Waals surface area contributed by atoms with Crippen LogP contribution in [0.5, 0.6) is 23.0 Å². The molecule has 0 spiro atoms. The fourth-order valence-electron chi connectivity index (χ4n) is 3.96. The second-order valence-electron chi connectivity index (χ2n) is 8.44. The van der Waals surface area contributed by atoms with Gasteiger partial charge in [-0.3, -0.25) is 9.59 Å². The van der Waals surface area contributed by atoms with Crippen molar-refractivity contribution < 1.29 is 28.5 Å². The van der Waals surface area contributed by atoms with Gasteiger partial charge in [-0.15, -0.1) is 0 Å². The third-order valence-corrected chi connectivity index (χ3v) is 6.13. The van der Waals surface area contributed by atoms with Gasteiger partial charge >= 0.3 is 0 Å². The molecule has 37 heavy (non-hydrogen) atoms. The fraction of sp³-hybridized carbons (Fsp3) is 0.310. The Hall–Kier alpha value is -4.20. The van der Waals surface area contributed by atoms with Crippen LogP contribution in [0.25, 0.3) is 0 Å². The Morgan fingerprint density at radius 3 is 2.08 bits per heavy atom. The van der Waals surface area contributed by atoms with E-state index >= 15 is 0 Å². The number of nitrogens with one attached hydrogen (secondary N) is 1. The van der Waals surface area contributed by atoms with Gasteiger partial charge in [-0.25, -0.2) is 0 Å². The summed E-state index contributed by atoms with van der Waals surface area (Å²) in [5, 5.41) is 2.94. The molecule has 0 bridgehead atoms. The van der Waals surface area contributed by atoms with Crippen molar-refractivity contribution in [2.45, 2.75) is 32.5 Å². The first kappa shape index (κ1) is 27.4. The van der Waals surface area contributed by atoms with Crippen LogP contribution in [-0.4, -0.2) is 51.2 Å². The molecule has 3 rings (SSSR count). The lowest BCUT2D eigenvalue weighted by molar-refractivity contribution is -0.140. The van der Waals surface area contributed by atoms with E-state index in [2.05, 4.69) is 5.32 Å². The number of carbonyl (C=O) groups is 2. The molecule has 1 atom stereocenters. The predicted molar refractivity (Wildman–Crippen MR) is 141 cm³/mol. The van der Waals surface area contributed by atoms with Crippen molar-refractivity contribution in [1.29, 1.82) is 0 Å². The van der Waals surface area contributed by atoms with E-state index in [0.717, 1.165) is 22.4 Å². The second kappa shape index (κ2) is 13.2. The highest BCUT2D eigenvalue weighted by Crippen LogP contribution is 2.28. The van der Waals surface area contributed by atoms with Crippen molar-refractivity contribution in [3.05, 3.63) is 83.4 Å². The van der Waals surface area contributed by atoms with Gasteiger partial charge in [-0.2, -0.15) is 0 Å². The number of hydrogen-bond acceptors (Lipinski definition) is 6. The number of amides is 2. The number of rotatable bonds is 12. The molecule has 0 heterocycles. The number of para-hydroxylation sites is 1. The summed E-state index contributed by atoms with van der Waals surface area (Å²) in [6, 6.07) is 19.6. The average Bonchev–Trinajstić information content (AvgIpc) is 2.94. The Labute approximate surface area is 218 Å². The molecule has 8 nitrogen and oxygen atoms in total. The molecule has 1 N–H and O–H groups in total. The number of ether oxygens (including phenoxy) is 4. The zero-order valence-corrected chi connectivity index (χ0v) is 21.9. The van der Waals surface area contributed by atoms with Gasteiger partial charge in [0.05, 0.1) is 34.9 Å². The zero-order chi connectivity index (χ0) is 26.8. The maximum absolute atomic E-state index is 13.5. The molecule has 3 aromatic rings. The van der Waals surface area contributed by atoms with Gasteiger partial charge < -0.3 is 29.2 Å². The van der Waals surface area contributed by atoms with Gasteiger partial charge in [0, 0.05) is 18.7 Å². The first-order chi connectivity index (χ1) is 17.9. The Morgan fingerprint density at radius 1 is 0.784 bits per heavy atom. The van der Waals surface area contributed by atoms with E-state index in [1.807, 2.05) is 54.6 Å². The van der Waals surface area contributed by atoms with Crippen LogP contribution in [0.4, 0.5) is 0 Å². The number of benzene rings is 3. The molecule has 0 aliphatic carbocycles. The number of methoxy groups -OCH3 is 4. The molecule has 0 saturated heterocycles. The highest BCUT2D eigenvalue weighted by Gasteiger charge is 2.26. The highest BCUT2D eigenvalue weighted by molar-refractivity contribution is 5.88. The van der Waals surface area contributed by atoms with Crippen molar-refractivity contribution in [2.24, 2.45) is 0 Å². The third-order valence-electron chi connectivity index (χ3n) is 6.13. The van der Waals surface area contributed by atoms with Gasteiger partial charge in [-0.05, 0) is 48.4 Å². The van der Waals surface area contributed by atoms with Crippen LogP contribution in [0, 0.1) is 0 Å². The normalized spacial score (nSPS) is 11.3. The van der Waals surface area contributed by atoms with Gasteiger partial charge in [-0.1, -0.05) is 36.4 Å². The first-order valence-corrected chi connectivity index (χ1v) is 11.9. The van der Waals surface area contributed by atoms with Gasteiger partial charge in [0.1, 0.15) is 17.5 Å². The fourth-order valence-corrected chi connectivity index (χ4v) is 3.96. The molecule has 0 saturated carbocycles. The largest absolute Gasteiger partial charge is 0.497 e. The molecule has 0 aliphatic rings. The van der Waals surface area contributed by atoms with Gasteiger partial charge in [0.15, 0.2) is 11.5 Å². The standard InChI is InChI=1S/C29H34N2O6/c1-20(29(33)30-18-23-8-6-7-9-25(23)35-3)31(19-21-10-13-24(34-2)14-11-21)28(32)17-22-12-15-26(36-4)27(16-22)37-5/h6-16,20H,17-19H2,1-5H3,(H,30,33)/t20-/m1/s1. The molecule has 3 aromatic carbocycles. The maximum atomic E-state index is 13.5. The maximum Gasteiger partial charge on any atom is 0.242 e. The van der Waals surface area contributed by atoms with Crippen LogP contribution in [0.2, 0.25) is 0 Å². The Bertz CT molecular complexity index is 1200. The van der Waals surface area contributed by atoms with Crippen molar-refractivity contribution in [2.75, 3.05) is 28.4 Å². The summed E-state index contributed by atoms with van der Waals surface area (Å²) in [4.78, 5) is 28.3. The average molecular weight is 507 g/mol. The molecular formula is C29H34N2O6. The van der Waals surface area contributed by atoms with E-state index in [-0.39, 0.29) is 31.3 Å². The van der Waals surface area contributed by atoms with E-state index in [4.69, 9.17) is 18.9 Å². The SMILES string of the molecule is COc1ccc(CN(C(=O)Cc2ccc(OC)c(OC)c2)[C@H](C)C(=O)NCc2ccccc2OC)cc1. The summed E-state index contributed by atoms with van der Waals surface area (Å²) in [5.41, 5.74) is 2.48. The summed E-state index contributed by atoms with van der Waals surface area (Å²) in [6.07, 6.45) is 0.0979. The first-order valence-electron chi connectivity index (χ1n) is 11.9. The number of nitrogens with zero attached hydrogens (tertiary/aromatic N) is 1. The van der Waals surface area contributed by atoms with Crippen LogP contribution in [0.1, 0.15) is 23.6 Å². The van der Waals surface area contributed by atoms with Crippen LogP contribution >= 0.6 is 0 Å². The minimum absolute atomic E-state index is 0.0979. The summed E-state index contributed by atoms with van der Waals surface area (Å²) in [7, 11) is 6.30. The third kappa shape index (κ3) is 7.16. The molecule has 0 aliphatic heterocycles. The smallest absolute Gasteiger partial charge is 0.242 e. The molecular weight excluding hydrogens is 472 g/mol. The topological polar surface area (TPSA) is 86.3 Å². The van der Waals surface area contributed by atoms with Crippen molar-refractivity contribution in [3.63, 3.8) is 0 Å². The summed E-state index contributed by atoms with van der Waals surface area (Å²) in [6.45, 7) is 2.28. The highest BCUT2D eigenvalue weighted by atomic mass is 16.5. The minimum atomic E-state index is -0.718. The molecule has 0 radical (unpaired) electrons. The second-order valence-corrected chi connectivity index (χ2v) is 8.44. The summed E-state index contributed by atoms with van der Waals surface area (Å²) in [5.74, 6) is 2.07. The molecule has 0 fully saturated rings. The van der Waals surface area contributed by atoms with E-state index in [0.29, 0.717) is 17.2 Å². The molecule has 8 heteroatoms. The predicted octanol–water partition coefficient (Wildman–Crippen LogP) is 4.00. The van der Waals surface area contributed by atoms with Crippen molar-refractivity contribution in [3.8, 4) is 23.0 Å².